The Hall–Kier alpha value is -1.75. The molecule has 5 heteroatoms. The van der Waals surface area contributed by atoms with E-state index in [1.807, 2.05) is 0 Å². The molecular weight excluding hydrogens is 226 g/mol. The van der Waals surface area contributed by atoms with Crippen molar-refractivity contribution in [3.63, 3.8) is 0 Å². The number of carbonyl (C=O) groups is 1. The zero-order chi connectivity index (χ0) is 11.9. The third-order valence-electron chi connectivity index (χ3n) is 2.37. The number of sulfone groups is 1. The quantitative estimate of drug-likeness (QED) is 0.797. The molecule has 4 nitrogen and oxygen atoms in total. The lowest BCUT2D eigenvalue weighted by Gasteiger charge is -2.12. The van der Waals surface area contributed by atoms with Crippen LogP contribution >= 0.6 is 0 Å². The average molecular weight is 235 g/mol. The van der Waals surface area contributed by atoms with Crippen LogP contribution in [-0.2, 0) is 9.84 Å². The van der Waals surface area contributed by atoms with E-state index in [0.29, 0.717) is 5.56 Å². The first-order chi connectivity index (χ1) is 7.41. The van der Waals surface area contributed by atoms with Gasteiger partial charge in [0.05, 0.1) is 4.90 Å². The van der Waals surface area contributed by atoms with Gasteiger partial charge in [0.2, 0.25) is 5.78 Å². The summed E-state index contributed by atoms with van der Waals surface area (Å²) in [5.74, 6) is -0.442. The van der Waals surface area contributed by atoms with Crippen LogP contribution in [0.2, 0.25) is 0 Å². The normalized spacial score (nSPS) is 15.1. The summed E-state index contributed by atoms with van der Waals surface area (Å²) < 4.78 is 23.0. The van der Waals surface area contributed by atoms with Gasteiger partial charge >= 0.3 is 0 Å². The summed E-state index contributed by atoms with van der Waals surface area (Å²) in [5.41, 5.74) is 0.527. The van der Waals surface area contributed by atoms with Crippen LogP contribution in [0.15, 0.2) is 29.2 Å². The van der Waals surface area contributed by atoms with Gasteiger partial charge in [-0.2, -0.15) is 0 Å². The maximum Gasteiger partial charge on any atom is 0.211 e. The van der Waals surface area contributed by atoms with Crippen molar-refractivity contribution in [3.05, 3.63) is 35.4 Å². The molecule has 0 radical (unpaired) electrons. The lowest BCUT2D eigenvalue weighted by molar-refractivity contribution is 0.106. The molecule has 1 aromatic carbocycles. The smallest absolute Gasteiger partial charge is 0.211 e. The van der Waals surface area contributed by atoms with Gasteiger partial charge in [0.25, 0.3) is 0 Å². The van der Waals surface area contributed by atoms with Crippen LogP contribution in [0, 0.1) is 5.41 Å². The molecule has 1 N–H and O–H groups in total. The Bertz CT molecular complexity index is 627. The SMILES string of the molecule is CS(=O)(=O)c1cccc2c1C=CC(=N)C2=O. The number of allylic oxidation sites excluding steroid dienone is 1. The number of rotatable bonds is 1. The van der Waals surface area contributed by atoms with E-state index in [1.165, 1.54) is 30.4 Å². The molecule has 0 aromatic heterocycles. The van der Waals surface area contributed by atoms with Gasteiger partial charge in [0.15, 0.2) is 9.84 Å². The maximum atomic E-state index is 11.6. The van der Waals surface area contributed by atoms with E-state index < -0.39 is 15.6 Å². The van der Waals surface area contributed by atoms with E-state index in [-0.39, 0.29) is 16.2 Å². The molecule has 0 amide bonds. The second-order valence-corrected chi connectivity index (χ2v) is 5.55. The summed E-state index contributed by atoms with van der Waals surface area (Å²) in [5, 5.41) is 7.37. The van der Waals surface area contributed by atoms with Gasteiger partial charge in [-0.15, -0.1) is 0 Å². The summed E-state index contributed by atoms with van der Waals surface area (Å²) in [6.45, 7) is 0. The summed E-state index contributed by atoms with van der Waals surface area (Å²) >= 11 is 0. The monoisotopic (exact) mass is 235 g/mol. The average Bonchev–Trinajstić information content (AvgIpc) is 2.21. The van der Waals surface area contributed by atoms with Crippen LogP contribution in [0.5, 0.6) is 0 Å². The van der Waals surface area contributed by atoms with E-state index >= 15 is 0 Å². The number of Topliss-reactive ketones (excluding diaryl/α,β-unsaturated/α-hetero) is 1. The molecule has 0 heterocycles. The predicted octanol–water partition coefficient (Wildman–Crippen LogP) is 1.32. The molecule has 0 saturated heterocycles. The fraction of sp³-hybridized carbons (Fsp3) is 0.0909. The second-order valence-electron chi connectivity index (χ2n) is 3.57. The van der Waals surface area contributed by atoms with Gasteiger partial charge in [-0.05, 0) is 12.1 Å². The molecular formula is C11H9NO3S. The van der Waals surface area contributed by atoms with Crippen molar-refractivity contribution in [2.24, 2.45) is 0 Å². The fourth-order valence-electron chi connectivity index (χ4n) is 1.62. The van der Waals surface area contributed by atoms with Crippen molar-refractivity contribution >= 4 is 27.4 Å². The highest BCUT2D eigenvalue weighted by molar-refractivity contribution is 7.90. The van der Waals surface area contributed by atoms with E-state index in [2.05, 4.69) is 0 Å². The molecule has 0 fully saturated rings. The standard InChI is InChI=1S/C11H9NO3S/c1-16(14,15)10-4-2-3-8-7(10)5-6-9(12)11(8)13/h2-6,12H,1H3. The van der Waals surface area contributed by atoms with Crippen LogP contribution in [0.25, 0.3) is 6.08 Å². The molecule has 0 aliphatic heterocycles. The Morgan fingerprint density at radius 3 is 2.50 bits per heavy atom. The molecule has 0 bridgehead atoms. The van der Waals surface area contributed by atoms with Gasteiger partial charge in [0.1, 0.15) is 5.71 Å². The Morgan fingerprint density at radius 1 is 1.19 bits per heavy atom. The second kappa shape index (κ2) is 3.38. The molecule has 0 atom stereocenters. The molecule has 0 unspecified atom stereocenters. The Kier molecular flexibility index (Phi) is 2.27. The van der Waals surface area contributed by atoms with Crippen molar-refractivity contribution in [2.75, 3.05) is 6.26 Å². The van der Waals surface area contributed by atoms with Crippen LogP contribution in [0.3, 0.4) is 0 Å². The van der Waals surface area contributed by atoms with Gasteiger partial charge < -0.3 is 0 Å². The highest BCUT2D eigenvalue weighted by atomic mass is 32.2. The third kappa shape index (κ3) is 1.59. The predicted molar refractivity (Wildman–Crippen MR) is 60.6 cm³/mol. The minimum atomic E-state index is -3.36. The molecule has 1 aliphatic rings. The topological polar surface area (TPSA) is 75.1 Å². The van der Waals surface area contributed by atoms with Gasteiger partial charge in [-0.3, -0.25) is 10.2 Å². The molecule has 0 saturated carbocycles. The first kappa shape index (κ1) is 10.8. The van der Waals surface area contributed by atoms with Gasteiger partial charge in [-0.1, -0.05) is 18.2 Å². The number of carbonyl (C=O) groups excluding carboxylic acids is 1. The zero-order valence-electron chi connectivity index (χ0n) is 8.52. The highest BCUT2D eigenvalue weighted by Gasteiger charge is 2.23. The van der Waals surface area contributed by atoms with Crippen LogP contribution in [0.1, 0.15) is 15.9 Å². The molecule has 1 aromatic rings. The number of fused-ring (bicyclic) bond motifs is 1. The van der Waals surface area contributed by atoms with Crippen molar-refractivity contribution < 1.29 is 13.2 Å². The lowest BCUT2D eigenvalue weighted by Crippen LogP contribution is -2.17. The van der Waals surface area contributed by atoms with Gasteiger partial charge in [0, 0.05) is 17.4 Å². The van der Waals surface area contributed by atoms with Gasteiger partial charge in [-0.25, -0.2) is 8.42 Å². The van der Waals surface area contributed by atoms with E-state index in [9.17, 15) is 13.2 Å². The minimum Gasteiger partial charge on any atom is -0.297 e. The first-order valence-corrected chi connectivity index (χ1v) is 6.45. The number of nitrogens with one attached hydrogen (secondary N) is 1. The van der Waals surface area contributed by atoms with Crippen molar-refractivity contribution in [3.8, 4) is 0 Å². The summed E-state index contributed by atoms with van der Waals surface area (Å²) in [6, 6.07) is 4.50. The molecule has 2 rings (SSSR count). The Balaban J connectivity index is 2.80. The molecule has 82 valence electrons. The lowest BCUT2D eigenvalue weighted by atomic mass is 9.95. The Morgan fingerprint density at radius 2 is 1.88 bits per heavy atom. The maximum absolute atomic E-state index is 11.6. The third-order valence-corrected chi connectivity index (χ3v) is 3.53. The number of benzene rings is 1. The van der Waals surface area contributed by atoms with Crippen LogP contribution in [-0.4, -0.2) is 26.2 Å². The van der Waals surface area contributed by atoms with E-state index in [1.54, 1.807) is 0 Å². The summed E-state index contributed by atoms with van der Waals surface area (Å²) in [6.07, 6.45) is 3.91. The number of ketones is 1. The molecule has 0 spiro atoms. The van der Waals surface area contributed by atoms with Crippen molar-refractivity contribution in [2.45, 2.75) is 4.90 Å². The van der Waals surface area contributed by atoms with E-state index in [4.69, 9.17) is 5.41 Å². The minimum absolute atomic E-state index is 0.127. The van der Waals surface area contributed by atoms with Crippen LogP contribution < -0.4 is 0 Å². The first-order valence-electron chi connectivity index (χ1n) is 4.55. The number of hydrogen-bond donors (Lipinski definition) is 1. The zero-order valence-corrected chi connectivity index (χ0v) is 9.34. The van der Waals surface area contributed by atoms with Crippen LogP contribution in [0.4, 0.5) is 0 Å². The van der Waals surface area contributed by atoms with Crippen molar-refractivity contribution in [1.82, 2.24) is 0 Å². The van der Waals surface area contributed by atoms with E-state index in [0.717, 1.165) is 6.26 Å². The largest absolute Gasteiger partial charge is 0.297 e. The fourth-order valence-corrected chi connectivity index (χ4v) is 2.53. The van der Waals surface area contributed by atoms with Crippen molar-refractivity contribution in [1.29, 1.82) is 5.41 Å². The molecule has 1 aliphatic carbocycles. The Labute approximate surface area is 93.0 Å². The number of hydrogen-bond acceptors (Lipinski definition) is 4. The highest BCUT2D eigenvalue weighted by Crippen LogP contribution is 2.25. The summed E-state index contributed by atoms with van der Waals surface area (Å²) in [7, 11) is -3.36. The summed E-state index contributed by atoms with van der Waals surface area (Å²) in [4.78, 5) is 11.8. The molecule has 16 heavy (non-hydrogen) atoms.